The molecule has 2 atom stereocenters. The number of quaternary nitrogens is 1. The predicted molar refractivity (Wildman–Crippen MR) is 414 cm³/mol. The van der Waals surface area contributed by atoms with Crippen LogP contribution in [-0.4, -0.2) is 70.0 Å². The van der Waals surface area contributed by atoms with Gasteiger partial charge in [-0.2, -0.15) is 0 Å². The molecular formula is C86H132NO8P. The van der Waals surface area contributed by atoms with Gasteiger partial charge >= 0.3 is 11.9 Å². The van der Waals surface area contributed by atoms with Crippen LogP contribution in [0.4, 0.5) is 0 Å². The van der Waals surface area contributed by atoms with E-state index in [-0.39, 0.29) is 26.1 Å². The number of esters is 2. The van der Waals surface area contributed by atoms with Gasteiger partial charge in [0.2, 0.25) is 0 Å². The van der Waals surface area contributed by atoms with Crippen molar-refractivity contribution in [1.82, 2.24) is 0 Å². The van der Waals surface area contributed by atoms with E-state index in [4.69, 9.17) is 18.5 Å². The zero-order valence-corrected chi connectivity index (χ0v) is 61.6. The molecule has 0 N–H and O–H groups in total. The minimum absolute atomic E-state index is 0.0531. The first kappa shape index (κ1) is 89.8. The summed E-state index contributed by atoms with van der Waals surface area (Å²) in [7, 11) is 1.10. The lowest BCUT2D eigenvalue weighted by Gasteiger charge is -2.28. The van der Waals surface area contributed by atoms with E-state index in [0.717, 1.165) is 186 Å². The number of nitrogens with zero attached hydrogens (tertiary/aromatic N) is 1. The van der Waals surface area contributed by atoms with Crippen LogP contribution in [0.25, 0.3) is 0 Å². The number of hydrogen-bond acceptors (Lipinski definition) is 8. The van der Waals surface area contributed by atoms with E-state index in [2.05, 4.69) is 257 Å². The van der Waals surface area contributed by atoms with Gasteiger partial charge in [0.15, 0.2) is 6.10 Å². The Bertz CT molecular complexity index is 2520. The number of unbranched alkanes of at least 4 members (excludes halogenated alkanes) is 10. The third kappa shape index (κ3) is 76.8. The molecule has 0 amide bonds. The van der Waals surface area contributed by atoms with Gasteiger partial charge in [-0.15, -0.1) is 0 Å². The Morgan fingerprint density at radius 1 is 0.323 bits per heavy atom. The standard InChI is InChI=1S/C86H132NO8P/c1-6-8-10-12-14-16-18-20-22-24-26-28-30-32-34-36-38-39-40-41-42-43-44-45-46-47-49-51-53-55-57-59-61-63-65-67-69-71-73-75-77-79-86(89)95-84(83-94-96(90,91)93-81-80-87(3,4)5)82-92-85(88)78-76-74-72-70-68-66-64-62-60-58-56-54-52-50-48-37-35-33-31-29-27-25-23-21-19-17-15-13-11-9-7-2/h8-11,14-17,20-23,26-29,32-35,38-39,41-42,44-45,47-50,53-56,59-62,66,68,84H,6-7,12-13,18-19,24-25,30-31,36-37,40,43,46,51-52,57-58,63-65,67,69-83H2,1-5H3/b10-8-,11-9-,16-14-,17-15-,22-20-,23-21-,28-26-,29-27-,34-32-,35-33-,39-38-,42-41-,45-44-,49-47-,50-48-,55-53-,56-54-,61-59-,62-60-,68-66-. The lowest BCUT2D eigenvalue weighted by atomic mass is 10.1. The van der Waals surface area contributed by atoms with Gasteiger partial charge in [-0.05, 0) is 167 Å². The van der Waals surface area contributed by atoms with Gasteiger partial charge in [0.1, 0.15) is 19.8 Å². The maximum atomic E-state index is 12.9. The fraction of sp³-hybridized carbons (Fsp3) is 0.512. The number of phosphoric ester groups is 1. The Morgan fingerprint density at radius 2 is 0.562 bits per heavy atom. The zero-order chi connectivity index (χ0) is 69.7. The molecule has 0 heterocycles. The highest BCUT2D eigenvalue weighted by Gasteiger charge is 2.22. The Balaban J connectivity index is 4.23. The summed E-state index contributed by atoms with van der Waals surface area (Å²) in [5.74, 6) is -0.905. The molecule has 0 aliphatic rings. The number of hydrogen-bond donors (Lipinski definition) is 0. The molecule has 0 aliphatic heterocycles. The van der Waals surface area contributed by atoms with Crippen LogP contribution in [0.5, 0.6) is 0 Å². The fourth-order valence-electron chi connectivity index (χ4n) is 8.83. The summed E-state index contributed by atoms with van der Waals surface area (Å²) in [4.78, 5) is 38.1. The summed E-state index contributed by atoms with van der Waals surface area (Å²) in [5.41, 5.74) is 0. The number of allylic oxidation sites excluding steroid dienone is 40. The van der Waals surface area contributed by atoms with E-state index in [0.29, 0.717) is 23.9 Å². The van der Waals surface area contributed by atoms with Crippen molar-refractivity contribution in [2.75, 3.05) is 47.5 Å². The Kier molecular flexibility index (Phi) is 68.4. The summed E-state index contributed by atoms with van der Waals surface area (Å²) in [6.45, 7) is 3.92. The van der Waals surface area contributed by atoms with E-state index in [1.807, 2.05) is 21.1 Å². The Labute approximate surface area is 587 Å². The van der Waals surface area contributed by atoms with Crippen molar-refractivity contribution in [1.29, 1.82) is 0 Å². The first-order valence-corrected chi connectivity index (χ1v) is 38.2. The van der Waals surface area contributed by atoms with Crippen LogP contribution >= 0.6 is 7.82 Å². The molecular weight excluding hydrogens is 1210 g/mol. The molecule has 0 aromatic heterocycles. The number of carbonyl (C=O) groups is 2. The summed E-state index contributed by atoms with van der Waals surface area (Å²) in [6.07, 6.45) is 120. The summed E-state index contributed by atoms with van der Waals surface area (Å²) < 4.78 is 34.3. The second-order valence-corrected chi connectivity index (χ2v) is 25.9. The molecule has 0 aromatic carbocycles. The maximum Gasteiger partial charge on any atom is 0.306 e. The fourth-order valence-corrected chi connectivity index (χ4v) is 9.56. The van der Waals surface area contributed by atoms with Crippen LogP contribution in [0.1, 0.15) is 232 Å². The number of ether oxygens (including phenoxy) is 2. The average molecular weight is 1340 g/mol. The molecule has 0 aliphatic carbocycles. The van der Waals surface area contributed by atoms with Gasteiger partial charge in [-0.3, -0.25) is 14.2 Å². The Hall–Kier alpha value is -6.19. The molecule has 0 fully saturated rings. The van der Waals surface area contributed by atoms with Gasteiger partial charge < -0.3 is 27.9 Å². The first-order chi connectivity index (χ1) is 47.0. The van der Waals surface area contributed by atoms with Crippen LogP contribution in [0.2, 0.25) is 0 Å². The molecule has 9 nitrogen and oxygen atoms in total. The van der Waals surface area contributed by atoms with E-state index in [1.54, 1.807) is 0 Å². The SMILES string of the molecule is CC/C=C\C/C=C\C/C=C\C/C=C\C/C=C\C/C=C\C/C=C\C/C=C\C/C=C\C/C=C\C/C=C\CCCCCCCCCC(=O)OC(COC(=O)CCCCC/C=C\C/C=C\C/C=C\C/C=C\C/C=C\C/C=C\C/C=C\C/C=C\C/C=C\CC)COP(=O)([O-])OCC[N+](C)(C)C. The van der Waals surface area contributed by atoms with Gasteiger partial charge in [-0.1, -0.05) is 295 Å². The lowest BCUT2D eigenvalue weighted by molar-refractivity contribution is -0.870. The highest BCUT2D eigenvalue weighted by Crippen LogP contribution is 2.38. The highest BCUT2D eigenvalue weighted by atomic mass is 31.2. The van der Waals surface area contributed by atoms with E-state index >= 15 is 0 Å². The van der Waals surface area contributed by atoms with Crippen molar-refractivity contribution in [2.24, 2.45) is 0 Å². The molecule has 0 spiro atoms. The van der Waals surface area contributed by atoms with Gasteiger partial charge in [-0.25, -0.2) is 0 Å². The zero-order valence-electron chi connectivity index (χ0n) is 60.7. The van der Waals surface area contributed by atoms with E-state index in [9.17, 15) is 19.0 Å². The third-order valence-electron chi connectivity index (χ3n) is 14.4. The maximum absolute atomic E-state index is 12.9. The normalized spacial score (nSPS) is 14.5. The van der Waals surface area contributed by atoms with Crippen LogP contribution < -0.4 is 4.89 Å². The number of phosphoric acid groups is 1. The molecule has 0 aromatic rings. The molecule has 0 rings (SSSR count). The molecule has 0 saturated heterocycles. The van der Waals surface area contributed by atoms with Crippen molar-refractivity contribution in [3.8, 4) is 0 Å². The summed E-state index contributed by atoms with van der Waals surface area (Å²) >= 11 is 0. The number of carbonyl (C=O) groups excluding carboxylic acids is 2. The summed E-state index contributed by atoms with van der Waals surface area (Å²) in [5, 5.41) is 0. The van der Waals surface area contributed by atoms with E-state index in [1.165, 1.54) is 6.42 Å². The predicted octanol–water partition coefficient (Wildman–Crippen LogP) is 24.1. The van der Waals surface area contributed by atoms with Crippen LogP contribution in [0.3, 0.4) is 0 Å². The van der Waals surface area contributed by atoms with E-state index < -0.39 is 32.5 Å². The minimum atomic E-state index is -4.67. The second kappa shape index (κ2) is 73.1. The third-order valence-corrected chi connectivity index (χ3v) is 15.3. The van der Waals surface area contributed by atoms with Crippen molar-refractivity contribution in [2.45, 2.75) is 238 Å². The molecule has 96 heavy (non-hydrogen) atoms. The minimum Gasteiger partial charge on any atom is -0.756 e. The highest BCUT2D eigenvalue weighted by molar-refractivity contribution is 7.45. The van der Waals surface area contributed by atoms with Crippen molar-refractivity contribution < 1.29 is 42.1 Å². The number of likely N-dealkylation sites (N-methyl/N-ethyl adjacent to an activating group) is 1. The van der Waals surface area contributed by atoms with Crippen LogP contribution in [-0.2, 0) is 32.7 Å². The Morgan fingerprint density at radius 3 is 0.844 bits per heavy atom. The average Bonchev–Trinajstić information content (AvgIpc) is 2.54. The van der Waals surface area contributed by atoms with Crippen molar-refractivity contribution in [3.63, 3.8) is 0 Å². The second-order valence-electron chi connectivity index (χ2n) is 24.5. The quantitative estimate of drug-likeness (QED) is 0.0195. The molecule has 2 unspecified atom stereocenters. The largest absolute Gasteiger partial charge is 0.756 e. The first-order valence-electron chi connectivity index (χ1n) is 36.7. The molecule has 0 radical (unpaired) electrons. The smallest absolute Gasteiger partial charge is 0.306 e. The topological polar surface area (TPSA) is 111 Å². The molecule has 10 heteroatoms. The van der Waals surface area contributed by atoms with Gasteiger partial charge in [0, 0.05) is 12.8 Å². The van der Waals surface area contributed by atoms with Crippen LogP contribution in [0, 0.1) is 0 Å². The van der Waals surface area contributed by atoms with Crippen molar-refractivity contribution in [3.05, 3.63) is 243 Å². The lowest BCUT2D eigenvalue weighted by Crippen LogP contribution is -2.37. The molecule has 0 saturated carbocycles. The molecule has 0 bridgehead atoms. The molecule has 534 valence electrons. The van der Waals surface area contributed by atoms with Crippen LogP contribution in [0.15, 0.2) is 243 Å². The van der Waals surface area contributed by atoms with Crippen molar-refractivity contribution >= 4 is 19.8 Å². The number of rotatable bonds is 64. The monoisotopic (exact) mass is 1340 g/mol. The van der Waals surface area contributed by atoms with Gasteiger partial charge in [0.25, 0.3) is 7.82 Å². The summed E-state index contributed by atoms with van der Waals surface area (Å²) in [6, 6.07) is 0. The van der Waals surface area contributed by atoms with Gasteiger partial charge in [0.05, 0.1) is 27.7 Å².